The lowest BCUT2D eigenvalue weighted by Crippen LogP contribution is -2.54. The van der Waals surface area contributed by atoms with Gasteiger partial charge < -0.3 is 14.7 Å². The first-order chi connectivity index (χ1) is 13.4. The maximum atomic E-state index is 13.5. The Labute approximate surface area is 162 Å². The molecule has 2 unspecified atom stereocenters. The van der Waals surface area contributed by atoms with E-state index in [-0.39, 0.29) is 31.2 Å². The third-order valence-corrected chi connectivity index (χ3v) is 5.72. The van der Waals surface area contributed by atoms with Crippen LogP contribution in [0, 0.1) is 11.6 Å². The van der Waals surface area contributed by atoms with Crippen molar-refractivity contribution in [3.8, 4) is 0 Å². The predicted molar refractivity (Wildman–Crippen MR) is 99.5 cm³/mol. The van der Waals surface area contributed by atoms with Gasteiger partial charge in [0.15, 0.2) is 0 Å². The molecule has 2 bridgehead atoms. The number of benzene rings is 2. The molecule has 4 rings (SSSR count). The van der Waals surface area contributed by atoms with E-state index in [1.165, 1.54) is 12.1 Å². The van der Waals surface area contributed by atoms with Gasteiger partial charge in [0.1, 0.15) is 18.2 Å². The number of fused-ring (bicyclic) bond motifs is 2. The number of carbonyl (C=O) groups excluding carboxylic acids is 1. The standard InChI is InChI=1S/C22H23F2NO3/c23-17-8-16(9-18(24)10-17)11-22(27)12-19-6-7-20(13-22)25(19)21(26)28-14-15-4-2-1-3-5-15/h1-5,8-10,19-20,27H,6-7,11-14H2. The van der Waals surface area contributed by atoms with Crippen molar-refractivity contribution < 1.29 is 23.4 Å². The van der Waals surface area contributed by atoms with E-state index in [1.807, 2.05) is 30.3 Å². The molecule has 1 N–H and O–H groups in total. The Balaban J connectivity index is 1.41. The van der Waals surface area contributed by atoms with Crippen LogP contribution in [0.25, 0.3) is 0 Å². The first-order valence-corrected chi connectivity index (χ1v) is 9.58. The number of hydrogen-bond donors (Lipinski definition) is 1. The van der Waals surface area contributed by atoms with Crippen molar-refractivity contribution in [3.63, 3.8) is 0 Å². The molecule has 0 radical (unpaired) electrons. The number of carbonyl (C=O) groups is 1. The topological polar surface area (TPSA) is 49.8 Å². The van der Waals surface area contributed by atoms with Crippen LogP contribution >= 0.6 is 0 Å². The second-order valence-electron chi connectivity index (χ2n) is 7.92. The van der Waals surface area contributed by atoms with E-state index in [0.29, 0.717) is 18.4 Å². The molecule has 6 heteroatoms. The average molecular weight is 387 g/mol. The fourth-order valence-corrected chi connectivity index (χ4v) is 4.65. The van der Waals surface area contributed by atoms with Gasteiger partial charge in [-0.2, -0.15) is 0 Å². The molecule has 2 saturated heterocycles. The van der Waals surface area contributed by atoms with Gasteiger partial charge in [0.05, 0.1) is 5.60 Å². The van der Waals surface area contributed by atoms with Crippen molar-refractivity contribution >= 4 is 6.09 Å². The van der Waals surface area contributed by atoms with E-state index >= 15 is 0 Å². The second kappa shape index (κ2) is 7.51. The van der Waals surface area contributed by atoms with Crippen molar-refractivity contribution in [3.05, 3.63) is 71.3 Å². The first kappa shape index (κ1) is 18.9. The summed E-state index contributed by atoms with van der Waals surface area (Å²) < 4.78 is 32.4. The summed E-state index contributed by atoms with van der Waals surface area (Å²) in [5.74, 6) is -1.30. The average Bonchev–Trinajstić information content (AvgIpc) is 2.92. The number of hydrogen-bond acceptors (Lipinski definition) is 3. The third-order valence-electron chi connectivity index (χ3n) is 5.72. The molecular formula is C22H23F2NO3. The molecule has 2 aliphatic heterocycles. The predicted octanol–water partition coefficient (Wildman–Crippen LogP) is 4.20. The van der Waals surface area contributed by atoms with Crippen molar-refractivity contribution in [2.24, 2.45) is 0 Å². The molecule has 0 saturated carbocycles. The van der Waals surface area contributed by atoms with Gasteiger partial charge in [0.25, 0.3) is 0 Å². The van der Waals surface area contributed by atoms with E-state index in [1.54, 1.807) is 4.90 Å². The van der Waals surface area contributed by atoms with Crippen molar-refractivity contribution in [2.75, 3.05) is 0 Å². The number of rotatable bonds is 4. The van der Waals surface area contributed by atoms with E-state index < -0.39 is 17.2 Å². The number of amides is 1. The monoisotopic (exact) mass is 387 g/mol. The van der Waals surface area contributed by atoms with E-state index in [2.05, 4.69) is 0 Å². The summed E-state index contributed by atoms with van der Waals surface area (Å²) in [6, 6.07) is 12.6. The van der Waals surface area contributed by atoms with Gasteiger partial charge in [-0.05, 0) is 48.9 Å². The molecule has 148 valence electrons. The summed E-state index contributed by atoms with van der Waals surface area (Å²) >= 11 is 0. The summed E-state index contributed by atoms with van der Waals surface area (Å²) in [4.78, 5) is 14.4. The molecular weight excluding hydrogens is 364 g/mol. The van der Waals surface area contributed by atoms with Gasteiger partial charge in [0, 0.05) is 24.6 Å². The molecule has 28 heavy (non-hydrogen) atoms. The Hall–Kier alpha value is -2.47. The molecule has 2 heterocycles. The molecule has 0 aliphatic carbocycles. The second-order valence-corrected chi connectivity index (χ2v) is 7.92. The lowest BCUT2D eigenvalue weighted by atomic mass is 9.81. The van der Waals surface area contributed by atoms with Gasteiger partial charge in [-0.15, -0.1) is 0 Å². The highest BCUT2D eigenvalue weighted by molar-refractivity contribution is 5.69. The highest BCUT2D eigenvalue weighted by Gasteiger charge is 2.49. The Morgan fingerprint density at radius 1 is 1.04 bits per heavy atom. The van der Waals surface area contributed by atoms with Crippen LogP contribution in [-0.2, 0) is 17.8 Å². The summed E-state index contributed by atoms with van der Waals surface area (Å²) in [6.45, 7) is 0.211. The number of aliphatic hydroxyl groups is 1. The van der Waals surface area contributed by atoms with Crippen LogP contribution in [0.3, 0.4) is 0 Å². The molecule has 0 spiro atoms. The van der Waals surface area contributed by atoms with Crippen LogP contribution < -0.4 is 0 Å². The van der Waals surface area contributed by atoms with Crippen LogP contribution in [-0.4, -0.2) is 33.8 Å². The third kappa shape index (κ3) is 4.02. The van der Waals surface area contributed by atoms with Gasteiger partial charge in [-0.3, -0.25) is 0 Å². The number of nitrogens with zero attached hydrogens (tertiary/aromatic N) is 1. The molecule has 4 nitrogen and oxygen atoms in total. The molecule has 2 fully saturated rings. The van der Waals surface area contributed by atoms with Gasteiger partial charge in [0.2, 0.25) is 0 Å². The van der Waals surface area contributed by atoms with Gasteiger partial charge >= 0.3 is 6.09 Å². The SMILES string of the molecule is O=C(OCc1ccccc1)N1C2CCC1CC(O)(Cc1cc(F)cc(F)c1)C2. The lowest BCUT2D eigenvalue weighted by molar-refractivity contribution is -0.0485. The van der Waals surface area contributed by atoms with Crippen LogP contribution in [0.15, 0.2) is 48.5 Å². The number of piperidine rings is 1. The molecule has 1 amide bonds. The Bertz CT molecular complexity index is 824. The molecule has 2 aromatic rings. The van der Waals surface area contributed by atoms with Crippen LogP contribution in [0.1, 0.15) is 36.8 Å². The zero-order valence-electron chi connectivity index (χ0n) is 15.5. The summed E-state index contributed by atoms with van der Waals surface area (Å²) in [7, 11) is 0. The fraction of sp³-hybridized carbons (Fsp3) is 0.409. The lowest BCUT2D eigenvalue weighted by Gasteiger charge is -2.43. The van der Waals surface area contributed by atoms with E-state index in [9.17, 15) is 18.7 Å². The van der Waals surface area contributed by atoms with Gasteiger partial charge in [-0.1, -0.05) is 30.3 Å². The smallest absolute Gasteiger partial charge is 0.410 e. The van der Waals surface area contributed by atoms with Crippen molar-refractivity contribution in [2.45, 2.75) is 56.4 Å². The normalized spacial score (nSPS) is 26.3. The minimum atomic E-state index is -1.08. The largest absolute Gasteiger partial charge is 0.445 e. The Kier molecular flexibility index (Phi) is 5.06. The minimum Gasteiger partial charge on any atom is -0.445 e. The molecule has 0 aromatic heterocycles. The fourth-order valence-electron chi connectivity index (χ4n) is 4.65. The quantitative estimate of drug-likeness (QED) is 0.855. The van der Waals surface area contributed by atoms with Crippen molar-refractivity contribution in [1.29, 1.82) is 0 Å². The summed E-state index contributed by atoms with van der Waals surface area (Å²) in [5, 5.41) is 11.1. The first-order valence-electron chi connectivity index (χ1n) is 9.58. The Morgan fingerprint density at radius 2 is 1.64 bits per heavy atom. The number of halogens is 2. The zero-order valence-corrected chi connectivity index (χ0v) is 15.5. The maximum Gasteiger partial charge on any atom is 0.410 e. The van der Waals surface area contributed by atoms with Crippen molar-refractivity contribution in [1.82, 2.24) is 4.90 Å². The van der Waals surface area contributed by atoms with Gasteiger partial charge in [-0.25, -0.2) is 13.6 Å². The zero-order chi connectivity index (χ0) is 19.7. The van der Waals surface area contributed by atoms with E-state index in [0.717, 1.165) is 24.5 Å². The highest BCUT2D eigenvalue weighted by atomic mass is 19.1. The highest BCUT2D eigenvalue weighted by Crippen LogP contribution is 2.42. The summed E-state index contributed by atoms with van der Waals surface area (Å²) in [6.07, 6.45) is 2.15. The molecule has 2 aliphatic rings. The molecule has 2 atom stereocenters. The van der Waals surface area contributed by atoms with Crippen LogP contribution in [0.4, 0.5) is 13.6 Å². The minimum absolute atomic E-state index is 0.120. The molecule has 2 aromatic carbocycles. The van der Waals surface area contributed by atoms with E-state index in [4.69, 9.17) is 4.74 Å². The maximum absolute atomic E-state index is 13.5. The van der Waals surface area contributed by atoms with Crippen LogP contribution in [0.5, 0.6) is 0 Å². The summed E-state index contributed by atoms with van der Waals surface area (Å²) in [5.41, 5.74) is 0.270. The number of ether oxygens (including phenoxy) is 1. The van der Waals surface area contributed by atoms with Crippen LogP contribution in [0.2, 0.25) is 0 Å². The Morgan fingerprint density at radius 3 is 2.25 bits per heavy atom.